The molecule has 0 aliphatic carbocycles. The lowest BCUT2D eigenvalue weighted by Crippen LogP contribution is -2.29. The summed E-state index contributed by atoms with van der Waals surface area (Å²) in [7, 11) is 0. The van der Waals surface area contributed by atoms with Crippen molar-refractivity contribution < 1.29 is 27.8 Å². The first-order valence-corrected chi connectivity index (χ1v) is 12.4. The number of nitrogens with one attached hydrogen (secondary N) is 1. The van der Waals surface area contributed by atoms with Gasteiger partial charge in [-0.2, -0.15) is 0 Å². The molecular weight excluding hydrogens is 492 g/mol. The van der Waals surface area contributed by atoms with Crippen molar-refractivity contribution in [3.05, 3.63) is 101 Å². The van der Waals surface area contributed by atoms with Gasteiger partial charge in [0.2, 0.25) is 0 Å². The second-order valence-electron chi connectivity index (χ2n) is 9.74. The van der Waals surface area contributed by atoms with Crippen molar-refractivity contribution >= 4 is 11.6 Å². The van der Waals surface area contributed by atoms with Gasteiger partial charge in [0, 0.05) is 6.20 Å². The molecule has 1 aliphatic heterocycles. The molecule has 5 rings (SSSR count). The van der Waals surface area contributed by atoms with Crippen molar-refractivity contribution in [3.8, 4) is 5.75 Å². The number of ether oxygens (including phenoxy) is 3. The Balaban J connectivity index is 1.38. The number of carbonyl (C=O) groups excluding carboxylic acids is 1. The molecule has 7 nitrogen and oxygen atoms in total. The number of halogens is 2. The number of rotatable bonds is 7. The molecule has 0 spiro atoms. The van der Waals surface area contributed by atoms with Crippen LogP contribution in [0.5, 0.6) is 5.75 Å². The van der Waals surface area contributed by atoms with E-state index >= 15 is 0 Å². The number of hydrogen-bond acceptors (Lipinski definition) is 5. The van der Waals surface area contributed by atoms with Crippen molar-refractivity contribution in [3.63, 3.8) is 0 Å². The van der Waals surface area contributed by atoms with E-state index in [0.29, 0.717) is 29.4 Å². The molecule has 1 fully saturated rings. The highest BCUT2D eigenvalue weighted by molar-refractivity contribution is 5.95. The van der Waals surface area contributed by atoms with E-state index in [1.807, 2.05) is 45.0 Å². The minimum Gasteiger partial charge on any atom is -0.485 e. The van der Waals surface area contributed by atoms with E-state index in [1.54, 1.807) is 29.7 Å². The molecule has 1 aliphatic rings. The average Bonchev–Trinajstić information content (AvgIpc) is 3.42. The number of fused-ring (bicyclic) bond motifs is 1. The minimum absolute atomic E-state index is 0.178. The number of pyridine rings is 1. The number of aryl methyl sites for hydroxylation is 1. The topological polar surface area (TPSA) is 74.1 Å². The van der Waals surface area contributed by atoms with Crippen LogP contribution in [0.15, 0.2) is 60.8 Å². The van der Waals surface area contributed by atoms with Crippen LogP contribution in [0.3, 0.4) is 0 Å². The highest BCUT2D eigenvalue weighted by Gasteiger charge is 2.35. The molecule has 0 radical (unpaired) electrons. The van der Waals surface area contributed by atoms with Gasteiger partial charge in [-0.15, -0.1) is 0 Å². The van der Waals surface area contributed by atoms with Crippen LogP contribution in [0.1, 0.15) is 65.8 Å². The summed E-state index contributed by atoms with van der Waals surface area (Å²) in [5.41, 5.74) is 2.91. The Labute approximate surface area is 219 Å². The second-order valence-corrected chi connectivity index (χ2v) is 9.74. The third kappa shape index (κ3) is 4.99. The number of imidazole rings is 1. The number of carbonyl (C=O) groups is 1. The third-order valence-electron chi connectivity index (χ3n) is 6.60. The lowest BCUT2D eigenvalue weighted by molar-refractivity contribution is -0.139. The van der Waals surface area contributed by atoms with Crippen LogP contribution in [0, 0.1) is 18.6 Å². The van der Waals surface area contributed by atoms with Crippen LogP contribution in [-0.4, -0.2) is 27.7 Å². The Morgan fingerprint density at radius 1 is 1.16 bits per heavy atom. The molecule has 3 heterocycles. The SMILES string of the molecule is Cc1nc2c(OCc3c(F)cccc3F)cccn2c1C(=O)N[C@@H](C)c1ccccc1[C@H]1COC(C)(C)O1. The fourth-order valence-electron chi connectivity index (χ4n) is 4.74. The van der Waals surface area contributed by atoms with E-state index in [-0.39, 0.29) is 30.2 Å². The van der Waals surface area contributed by atoms with Crippen LogP contribution in [-0.2, 0) is 16.1 Å². The standard InChI is InChI=1S/C29H29F2N3O4/c1-17(19-9-5-6-10-20(19)25-16-37-29(3,4)38-25)33-28(35)26-18(2)32-27-24(13-8-14-34(26)27)36-15-21-22(30)11-7-12-23(21)31/h5-14,17,25H,15-16H2,1-4H3,(H,33,35)/t17-,25+/m0/s1. The van der Waals surface area contributed by atoms with Crippen LogP contribution in [0.2, 0.25) is 0 Å². The summed E-state index contributed by atoms with van der Waals surface area (Å²) in [6.45, 7) is 7.50. The fraction of sp³-hybridized carbons (Fsp3) is 0.310. The third-order valence-corrected chi connectivity index (χ3v) is 6.60. The van der Waals surface area contributed by atoms with E-state index in [0.717, 1.165) is 11.1 Å². The first kappa shape index (κ1) is 25.8. The lowest BCUT2D eigenvalue weighted by atomic mass is 9.97. The summed E-state index contributed by atoms with van der Waals surface area (Å²) < 4.78 is 47.3. The van der Waals surface area contributed by atoms with Gasteiger partial charge in [-0.05, 0) is 63.1 Å². The molecule has 0 saturated carbocycles. The second kappa shape index (κ2) is 10.2. The van der Waals surface area contributed by atoms with Gasteiger partial charge >= 0.3 is 0 Å². The first-order chi connectivity index (χ1) is 18.1. The molecule has 1 N–H and O–H groups in total. The van der Waals surface area contributed by atoms with Gasteiger partial charge < -0.3 is 19.5 Å². The quantitative estimate of drug-likeness (QED) is 0.332. The van der Waals surface area contributed by atoms with Crippen molar-refractivity contribution in [2.75, 3.05) is 6.61 Å². The van der Waals surface area contributed by atoms with Crippen LogP contribution in [0.25, 0.3) is 5.65 Å². The van der Waals surface area contributed by atoms with Gasteiger partial charge in [0.25, 0.3) is 5.91 Å². The van der Waals surface area contributed by atoms with E-state index < -0.39 is 17.4 Å². The summed E-state index contributed by atoms with van der Waals surface area (Å²) in [5.74, 6) is -2.07. The van der Waals surface area contributed by atoms with Crippen molar-refractivity contribution in [2.45, 2.75) is 52.2 Å². The monoisotopic (exact) mass is 521 g/mol. The zero-order valence-corrected chi connectivity index (χ0v) is 21.6. The lowest BCUT2D eigenvalue weighted by Gasteiger charge is -2.22. The Hall–Kier alpha value is -3.82. The van der Waals surface area contributed by atoms with E-state index in [9.17, 15) is 13.6 Å². The van der Waals surface area contributed by atoms with Gasteiger partial charge in [-0.3, -0.25) is 9.20 Å². The predicted octanol–water partition coefficient (Wildman–Crippen LogP) is 5.81. The van der Waals surface area contributed by atoms with Gasteiger partial charge in [0.15, 0.2) is 17.2 Å². The Morgan fingerprint density at radius 2 is 1.89 bits per heavy atom. The summed E-state index contributed by atoms with van der Waals surface area (Å²) in [6, 6.07) is 14.5. The number of amides is 1. The molecule has 2 atom stereocenters. The number of aromatic nitrogens is 2. The molecule has 4 aromatic rings. The van der Waals surface area contributed by atoms with E-state index in [2.05, 4.69) is 10.3 Å². The summed E-state index contributed by atoms with van der Waals surface area (Å²) in [6.07, 6.45) is 1.46. The van der Waals surface area contributed by atoms with Crippen molar-refractivity contribution in [2.24, 2.45) is 0 Å². The highest BCUT2D eigenvalue weighted by Crippen LogP contribution is 2.36. The van der Waals surface area contributed by atoms with Crippen LogP contribution >= 0.6 is 0 Å². The highest BCUT2D eigenvalue weighted by atomic mass is 19.1. The molecular formula is C29H29F2N3O4. The summed E-state index contributed by atoms with van der Waals surface area (Å²) >= 11 is 0. The fourth-order valence-corrected chi connectivity index (χ4v) is 4.74. The molecule has 1 saturated heterocycles. The van der Waals surface area contributed by atoms with E-state index in [1.165, 1.54) is 18.2 Å². The summed E-state index contributed by atoms with van der Waals surface area (Å²) in [4.78, 5) is 18.0. The summed E-state index contributed by atoms with van der Waals surface area (Å²) in [5, 5.41) is 3.07. The van der Waals surface area contributed by atoms with Gasteiger partial charge in [-0.25, -0.2) is 13.8 Å². The molecule has 9 heteroatoms. The van der Waals surface area contributed by atoms with Crippen LogP contribution < -0.4 is 10.1 Å². The maximum absolute atomic E-state index is 14.1. The Kier molecular flexibility index (Phi) is 6.90. The molecule has 0 bridgehead atoms. The van der Waals surface area contributed by atoms with Crippen LogP contribution in [0.4, 0.5) is 8.78 Å². The zero-order valence-electron chi connectivity index (χ0n) is 21.6. The number of nitrogens with zero attached hydrogens (tertiary/aromatic N) is 2. The molecule has 1 amide bonds. The maximum Gasteiger partial charge on any atom is 0.270 e. The van der Waals surface area contributed by atoms with E-state index in [4.69, 9.17) is 14.2 Å². The van der Waals surface area contributed by atoms with Gasteiger partial charge in [-0.1, -0.05) is 30.3 Å². The predicted molar refractivity (Wildman–Crippen MR) is 137 cm³/mol. The number of benzene rings is 2. The van der Waals surface area contributed by atoms with Crippen molar-refractivity contribution in [1.29, 1.82) is 0 Å². The smallest absolute Gasteiger partial charge is 0.270 e. The van der Waals surface area contributed by atoms with Gasteiger partial charge in [0.1, 0.15) is 30.0 Å². The Bertz CT molecular complexity index is 1480. The average molecular weight is 522 g/mol. The number of hydrogen-bond donors (Lipinski definition) is 1. The molecule has 2 aromatic carbocycles. The minimum atomic E-state index is -0.691. The largest absolute Gasteiger partial charge is 0.485 e. The normalized spacial score (nSPS) is 17.5. The molecule has 38 heavy (non-hydrogen) atoms. The molecule has 2 aromatic heterocycles. The zero-order chi connectivity index (χ0) is 27.0. The molecule has 0 unspecified atom stereocenters. The maximum atomic E-state index is 14.1. The van der Waals surface area contributed by atoms with Gasteiger partial charge in [0.05, 0.1) is 23.9 Å². The molecule has 198 valence electrons. The Morgan fingerprint density at radius 3 is 2.61 bits per heavy atom. The van der Waals surface area contributed by atoms with Crippen molar-refractivity contribution in [1.82, 2.24) is 14.7 Å². The first-order valence-electron chi connectivity index (χ1n) is 12.4.